The predicted molar refractivity (Wildman–Crippen MR) is 122 cm³/mol. The van der Waals surface area contributed by atoms with Crippen LogP contribution in [0.4, 0.5) is 0 Å². The van der Waals surface area contributed by atoms with Crippen LogP contribution in [0.1, 0.15) is 18.4 Å². The zero-order chi connectivity index (χ0) is 21.9. The lowest BCUT2D eigenvalue weighted by Gasteiger charge is -2.49. The highest BCUT2D eigenvalue weighted by Gasteiger charge is 2.43. The van der Waals surface area contributed by atoms with Crippen molar-refractivity contribution in [1.29, 1.82) is 0 Å². The molecule has 4 atom stereocenters. The first kappa shape index (κ1) is 20.7. The molecule has 32 heavy (non-hydrogen) atoms. The van der Waals surface area contributed by atoms with Crippen LogP contribution in [0.5, 0.6) is 5.75 Å². The Hall–Kier alpha value is -3.19. The summed E-state index contributed by atoms with van der Waals surface area (Å²) in [6.07, 6.45) is 4.12. The number of piperidine rings is 3. The molecule has 2 aromatic carbocycles. The van der Waals surface area contributed by atoms with E-state index in [1.165, 1.54) is 0 Å². The number of fused-ring (bicyclic) bond motifs is 3. The highest BCUT2D eigenvalue weighted by Crippen LogP contribution is 2.37. The van der Waals surface area contributed by atoms with Crippen LogP contribution in [0.25, 0.3) is 11.3 Å². The van der Waals surface area contributed by atoms with Crippen molar-refractivity contribution >= 4 is 5.91 Å². The number of carbonyl (C=O) groups excluding carboxylic acids is 1. The fraction of sp³-hybridized carbons (Fsp3) is 0.400. The molecule has 2 bridgehead atoms. The maximum Gasteiger partial charge on any atom is 0.224 e. The lowest BCUT2D eigenvalue weighted by atomic mass is 9.75. The number of ether oxygens (including phenoxy) is 1. The Morgan fingerprint density at radius 1 is 1.16 bits per heavy atom. The smallest absolute Gasteiger partial charge is 0.224 e. The fourth-order valence-corrected chi connectivity index (χ4v) is 5.13. The van der Waals surface area contributed by atoms with E-state index in [0.29, 0.717) is 18.5 Å². The van der Waals surface area contributed by atoms with Crippen LogP contribution in [0.3, 0.4) is 0 Å². The Balaban J connectivity index is 1.19. The molecule has 1 amide bonds. The van der Waals surface area contributed by atoms with E-state index in [1.54, 1.807) is 7.11 Å². The first-order valence-electron chi connectivity index (χ1n) is 11.3. The topological polar surface area (TPSA) is 72.3 Å². The minimum Gasteiger partial charge on any atom is -0.496 e. The number of methoxy groups -OCH3 is 1. The lowest BCUT2D eigenvalue weighted by molar-refractivity contribution is -0.133. The van der Waals surface area contributed by atoms with E-state index in [0.717, 1.165) is 55.0 Å². The van der Waals surface area contributed by atoms with Gasteiger partial charge >= 0.3 is 0 Å². The number of nitrogens with zero attached hydrogens (tertiary/aromatic N) is 4. The summed E-state index contributed by atoms with van der Waals surface area (Å²) in [6, 6.07) is 18.4. The molecule has 0 saturated carbocycles. The van der Waals surface area contributed by atoms with Gasteiger partial charge in [-0.05, 0) is 31.4 Å². The standard InChI is InChI=1S/C25H29N5O2/c1-32-24-10-6-5-9-20(24)14-26-25(31)22-16-29-12-11-19(22)13-21(29)15-30-17-23(27-28-30)18-7-3-2-4-8-18/h2-10,17,19,21-22H,11-16H2,1H3,(H,26,31)/t19-,21+,22+/m0/s1. The number of rotatable bonds is 7. The van der Waals surface area contributed by atoms with Crippen LogP contribution in [-0.4, -0.2) is 52.0 Å². The van der Waals surface area contributed by atoms with Crippen molar-refractivity contribution in [1.82, 2.24) is 25.2 Å². The number of carbonyl (C=O) groups is 1. The third-order valence-corrected chi connectivity index (χ3v) is 6.87. The van der Waals surface area contributed by atoms with Gasteiger partial charge in [-0.25, -0.2) is 0 Å². The molecular formula is C25H29N5O2. The first-order chi connectivity index (χ1) is 15.7. The van der Waals surface area contributed by atoms with E-state index < -0.39 is 0 Å². The molecule has 6 rings (SSSR count). The van der Waals surface area contributed by atoms with Gasteiger partial charge in [0.05, 0.1) is 25.8 Å². The van der Waals surface area contributed by atoms with Crippen molar-refractivity contribution in [2.45, 2.75) is 32.0 Å². The number of amides is 1. The third-order valence-electron chi connectivity index (χ3n) is 6.87. The maximum atomic E-state index is 13.0. The molecule has 1 N–H and O–H groups in total. The molecule has 0 aliphatic carbocycles. The van der Waals surface area contributed by atoms with Gasteiger partial charge in [0.2, 0.25) is 5.91 Å². The molecule has 3 fully saturated rings. The number of para-hydroxylation sites is 1. The summed E-state index contributed by atoms with van der Waals surface area (Å²) in [5.74, 6) is 1.42. The molecule has 7 heteroatoms. The van der Waals surface area contributed by atoms with E-state index in [2.05, 4.69) is 32.7 Å². The minimum absolute atomic E-state index is 0.0466. The van der Waals surface area contributed by atoms with Crippen molar-refractivity contribution in [3.8, 4) is 17.0 Å². The molecule has 3 aromatic rings. The Bertz CT molecular complexity index is 1070. The molecular weight excluding hydrogens is 402 g/mol. The summed E-state index contributed by atoms with van der Waals surface area (Å²) in [6.45, 7) is 3.17. The van der Waals surface area contributed by atoms with Gasteiger partial charge in [-0.3, -0.25) is 14.4 Å². The van der Waals surface area contributed by atoms with Crippen LogP contribution in [0.15, 0.2) is 60.8 Å². The third kappa shape index (κ3) is 4.25. The largest absolute Gasteiger partial charge is 0.496 e. The monoisotopic (exact) mass is 431 g/mol. The van der Waals surface area contributed by atoms with Gasteiger partial charge in [0.15, 0.2) is 0 Å². The minimum atomic E-state index is 0.0466. The second-order valence-electron chi connectivity index (χ2n) is 8.76. The molecule has 1 aromatic heterocycles. The van der Waals surface area contributed by atoms with Crippen molar-refractivity contribution < 1.29 is 9.53 Å². The second-order valence-corrected chi connectivity index (χ2v) is 8.76. The molecule has 7 nitrogen and oxygen atoms in total. The van der Waals surface area contributed by atoms with Crippen molar-refractivity contribution in [3.05, 3.63) is 66.4 Å². The van der Waals surface area contributed by atoms with Crippen LogP contribution in [0.2, 0.25) is 0 Å². The van der Waals surface area contributed by atoms with Crippen molar-refractivity contribution in [3.63, 3.8) is 0 Å². The van der Waals surface area contributed by atoms with Gasteiger partial charge in [-0.15, -0.1) is 5.10 Å². The molecule has 3 aliphatic rings. The van der Waals surface area contributed by atoms with Gasteiger partial charge < -0.3 is 10.1 Å². The average molecular weight is 432 g/mol. The Morgan fingerprint density at radius 2 is 1.97 bits per heavy atom. The Morgan fingerprint density at radius 3 is 2.75 bits per heavy atom. The molecule has 4 heterocycles. The van der Waals surface area contributed by atoms with Gasteiger partial charge in [0, 0.05) is 30.3 Å². The second kappa shape index (κ2) is 9.12. The summed E-state index contributed by atoms with van der Waals surface area (Å²) < 4.78 is 7.35. The number of aromatic nitrogens is 3. The molecule has 166 valence electrons. The molecule has 0 radical (unpaired) electrons. The predicted octanol–water partition coefficient (Wildman–Crippen LogP) is 2.98. The van der Waals surface area contributed by atoms with Gasteiger partial charge in [0.1, 0.15) is 11.4 Å². The summed E-state index contributed by atoms with van der Waals surface area (Å²) in [4.78, 5) is 15.4. The fourth-order valence-electron chi connectivity index (χ4n) is 5.13. The van der Waals surface area contributed by atoms with Gasteiger partial charge in [0.25, 0.3) is 0 Å². The molecule has 1 unspecified atom stereocenters. The normalized spacial score (nSPS) is 24.3. The van der Waals surface area contributed by atoms with Crippen molar-refractivity contribution in [2.24, 2.45) is 11.8 Å². The number of hydrogen-bond acceptors (Lipinski definition) is 5. The number of benzene rings is 2. The van der Waals surface area contributed by atoms with E-state index in [1.807, 2.05) is 53.3 Å². The summed E-state index contributed by atoms with van der Waals surface area (Å²) in [5, 5.41) is 11.8. The van der Waals surface area contributed by atoms with E-state index >= 15 is 0 Å². The van der Waals surface area contributed by atoms with E-state index in [-0.39, 0.29) is 11.8 Å². The highest BCUT2D eigenvalue weighted by molar-refractivity contribution is 5.79. The van der Waals surface area contributed by atoms with Crippen LogP contribution < -0.4 is 10.1 Å². The van der Waals surface area contributed by atoms with E-state index in [9.17, 15) is 4.79 Å². The maximum absolute atomic E-state index is 13.0. The van der Waals surface area contributed by atoms with Crippen molar-refractivity contribution in [2.75, 3.05) is 20.2 Å². The molecule has 0 spiro atoms. The van der Waals surface area contributed by atoms with Gasteiger partial charge in [-0.2, -0.15) is 0 Å². The summed E-state index contributed by atoms with van der Waals surface area (Å²) >= 11 is 0. The van der Waals surface area contributed by atoms with Crippen LogP contribution in [0, 0.1) is 11.8 Å². The zero-order valence-corrected chi connectivity index (χ0v) is 18.4. The van der Waals surface area contributed by atoms with Crippen LogP contribution in [-0.2, 0) is 17.9 Å². The highest BCUT2D eigenvalue weighted by atomic mass is 16.5. The van der Waals surface area contributed by atoms with Crippen LogP contribution >= 0.6 is 0 Å². The number of nitrogens with one attached hydrogen (secondary N) is 1. The molecule has 3 aliphatic heterocycles. The lowest BCUT2D eigenvalue weighted by Crippen LogP contribution is -2.58. The zero-order valence-electron chi connectivity index (χ0n) is 18.4. The first-order valence-corrected chi connectivity index (χ1v) is 11.3. The Kier molecular flexibility index (Phi) is 5.90. The SMILES string of the molecule is COc1ccccc1CNC(=O)[C@@H]1CN2CC[C@H]1C[C@@H]2Cn1cc(-c2ccccc2)nn1. The van der Waals surface area contributed by atoms with E-state index in [4.69, 9.17) is 4.74 Å². The summed E-state index contributed by atoms with van der Waals surface area (Å²) in [7, 11) is 1.66. The Labute approximate surface area is 188 Å². The summed E-state index contributed by atoms with van der Waals surface area (Å²) in [5.41, 5.74) is 2.98. The van der Waals surface area contributed by atoms with Gasteiger partial charge in [-0.1, -0.05) is 53.7 Å². The molecule has 3 saturated heterocycles. The number of hydrogen-bond donors (Lipinski definition) is 1. The average Bonchev–Trinajstić information content (AvgIpc) is 3.32. The quantitative estimate of drug-likeness (QED) is 0.623.